The Morgan fingerprint density at radius 2 is 1.75 bits per heavy atom. The summed E-state index contributed by atoms with van der Waals surface area (Å²) in [4.78, 5) is 21.6. The van der Waals surface area contributed by atoms with Crippen molar-refractivity contribution in [3.63, 3.8) is 0 Å². The quantitative estimate of drug-likeness (QED) is 0.266. The lowest BCUT2D eigenvalue weighted by molar-refractivity contribution is -0.207. The topological polar surface area (TPSA) is 187 Å². The van der Waals surface area contributed by atoms with Crippen molar-refractivity contribution in [1.29, 1.82) is 0 Å². The largest absolute Gasteiger partial charge is 0.507 e. The first kappa shape index (κ1) is 30.6. The van der Waals surface area contributed by atoms with Crippen molar-refractivity contribution in [2.75, 3.05) is 5.73 Å². The van der Waals surface area contributed by atoms with E-state index in [9.17, 15) is 24.9 Å². The monoisotopic (exact) mass is 560 g/mol. The van der Waals surface area contributed by atoms with Gasteiger partial charge in [0, 0.05) is 18.2 Å². The summed E-state index contributed by atoms with van der Waals surface area (Å²) in [6.45, 7) is 6.72. The molecule has 0 bridgehead atoms. The smallest absolute Gasteiger partial charge is 0.303 e. The van der Waals surface area contributed by atoms with Crippen molar-refractivity contribution >= 4 is 17.6 Å². The normalized spacial score (nSPS) is 41.0. The molecule has 224 valence electrons. The van der Waals surface area contributed by atoms with Crippen LogP contribution in [0.15, 0.2) is 18.2 Å². The van der Waals surface area contributed by atoms with Gasteiger partial charge in [0.05, 0.1) is 23.9 Å². The van der Waals surface area contributed by atoms with Crippen molar-refractivity contribution in [2.45, 2.75) is 96.9 Å². The maximum absolute atomic E-state index is 11.5. The second-order valence-corrected chi connectivity index (χ2v) is 13.6. The number of carbonyl (C=O) groups is 2. The average molecular weight is 561 g/mol. The van der Waals surface area contributed by atoms with Crippen LogP contribution in [0.2, 0.25) is 0 Å². The Labute approximate surface area is 237 Å². The maximum Gasteiger partial charge on any atom is 0.303 e. The lowest BCUT2D eigenvalue weighted by Crippen LogP contribution is -2.62. The number of fused-ring (bicyclic) bond motifs is 5. The number of benzene rings is 1. The molecule has 1 aromatic rings. The van der Waals surface area contributed by atoms with Gasteiger partial charge in [0.1, 0.15) is 5.75 Å². The third kappa shape index (κ3) is 5.44. The molecule has 40 heavy (non-hydrogen) atoms. The molecule has 4 saturated carbocycles. The van der Waals surface area contributed by atoms with E-state index in [1.807, 2.05) is 0 Å². The van der Waals surface area contributed by atoms with Crippen LogP contribution in [0.25, 0.3) is 0 Å². The van der Waals surface area contributed by atoms with Crippen LogP contribution in [0.5, 0.6) is 5.75 Å². The summed E-state index contributed by atoms with van der Waals surface area (Å²) in [5.41, 5.74) is 10.6. The molecule has 4 aliphatic carbocycles. The molecule has 1 aromatic carbocycles. The molecule has 0 saturated heterocycles. The maximum atomic E-state index is 11.5. The van der Waals surface area contributed by atoms with E-state index in [1.54, 1.807) is 0 Å². The molecule has 9 nitrogen and oxygen atoms in total. The first-order valence-electron chi connectivity index (χ1n) is 14.8. The molecule has 4 fully saturated rings. The number of amides is 1. The van der Waals surface area contributed by atoms with E-state index in [0.29, 0.717) is 35.8 Å². The van der Waals surface area contributed by atoms with Crippen LogP contribution in [-0.4, -0.2) is 55.7 Å². The number of aliphatic hydroxyl groups is 3. The van der Waals surface area contributed by atoms with Crippen molar-refractivity contribution < 1.29 is 35.1 Å². The number of nitrogen functional groups attached to an aromatic ring is 1. The number of primary amides is 1. The zero-order valence-corrected chi connectivity index (χ0v) is 24.0. The van der Waals surface area contributed by atoms with Gasteiger partial charge in [-0.15, -0.1) is 0 Å². The number of hydrogen-bond donors (Lipinski definition) is 7. The van der Waals surface area contributed by atoms with E-state index in [2.05, 4.69) is 20.8 Å². The van der Waals surface area contributed by atoms with Crippen LogP contribution in [0.3, 0.4) is 0 Å². The number of rotatable bonds is 5. The van der Waals surface area contributed by atoms with Gasteiger partial charge in [-0.3, -0.25) is 9.59 Å². The van der Waals surface area contributed by atoms with Crippen LogP contribution in [0, 0.1) is 46.3 Å². The standard InChI is InChI=1S/C24H40O5.C7H8N2O2/c1-13(4-7-21(28)29)16-5-6-17-22-18(12-20(27)24(16,17)3)23(2)9-8-15(25)10-14(23)11-19(22)26;8-4-1-2-5(7(9)11)6(10)3-4/h13-20,22,25-27H,4-12H2,1-3H3,(H,28,29);1-3,10H,8H2,(H2,9,11)/t13-,14+,15-,16-,17+,18+,19-,20+,22+,23+,24-;/m1./s1. The Kier molecular flexibility index (Phi) is 8.79. The van der Waals surface area contributed by atoms with E-state index in [1.165, 1.54) is 18.2 Å². The van der Waals surface area contributed by atoms with E-state index in [4.69, 9.17) is 21.7 Å². The van der Waals surface area contributed by atoms with E-state index < -0.39 is 18.0 Å². The molecule has 0 radical (unpaired) electrons. The Hall–Kier alpha value is -2.36. The van der Waals surface area contributed by atoms with Crippen LogP contribution >= 0.6 is 0 Å². The van der Waals surface area contributed by atoms with Gasteiger partial charge in [-0.05, 0) is 110 Å². The van der Waals surface area contributed by atoms with E-state index in [-0.39, 0.29) is 52.6 Å². The molecular formula is C31H48N2O7. The predicted octanol–water partition coefficient (Wildman–Crippen LogP) is 3.52. The minimum atomic E-state index is -0.748. The van der Waals surface area contributed by atoms with Crippen LogP contribution < -0.4 is 11.5 Å². The zero-order chi connectivity index (χ0) is 29.6. The third-order valence-corrected chi connectivity index (χ3v) is 11.6. The second kappa shape index (κ2) is 11.5. The lowest BCUT2D eigenvalue weighted by Gasteiger charge is -2.63. The number of carbonyl (C=O) groups excluding carboxylic acids is 1. The number of nitrogens with two attached hydrogens (primary N) is 2. The van der Waals surface area contributed by atoms with Crippen LogP contribution in [0.1, 0.15) is 88.9 Å². The van der Waals surface area contributed by atoms with Gasteiger partial charge in [-0.1, -0.05) is 20.8 Å². The number of phenols is 1. The Morgan fingerprint density at radius 3 is 2.38 bits per heavy atom. The molecule has 5 rings (SSSR count). The highest BCUT2D eigenvalue weighted by Crippen LogP contribution is 2.68. The molecular weight excluding hydrogens is 512 g/mol. The van der Waals surface area contributed by atoms with Crippen molar-refractivity contribution in [2.24, 2.45) is 52.1 Å². The first-order valence-corrected chi connectivity index (χ1v) is 14.8. The minimum Gasteiger partial charge on any atom is -0.507 e. The van der Waals surface area contributed by atoms with Gasteiger partial charge in [-0.2, -0.15) is 0 Å². The Bertz CT molecular complexity index is 1100. The van der Waals surface area contributed by atoms with Crippen molar-refractivity contribution in [1.82, 2.24) is 0 Å². The number of aliphatic hydroxyl groups excluding tert-OH is 3. The predicted molar refractivity (Wildman–Crippen MR) is 151 cm³/mol. The number of anilines is 1. The molecule has 1 amide bonds. The summed E-state index contributed by atoms with van der Waals surface area (Å²) in [7, 11) is 0. The van der Waals surface area contributed by atoms with Gasteiger partial charge in [0.25, 0.3) is 5.91 Å². The molecule has 4 aliphatic rings. The summed E-state index contributed by atoms with van der Waals surface area (Å²) in [6.07, 6.45) is 6.00. The molecule has 0 spiro atoms. The Balaban J connectivity index is 0.000000283. The number of hydrogen-bond acceptors (Lipinski definition) is 7. The lowest BCUT2D eigenvalue weighted by atomic mass is 9.43. The average Bonchev–Trinajstić information content (AvgIpc) is 3.23. The third-order valence-electron chi connectivity index (χ3n) is 11.6. The number of aromatic hydroxyl groups is 1. The minimum absolute atomic E-state index is 0.0826. The van der Waals surface area contributed by atoms with Gasteiger partial charge in [0.2, 0.25) is 0 Å². The fourth-order valence-electron chi connectivity index (χ4n) is 9.44. The van der Waals surface area contributed by atoms with Crippen LogP contribution in [-0.2, 0) is 4.79 Å². The highest BCUT2D eigenvalue weighted by molar-refractivity contribution is 5.95. The van der Waals surface area contributed by atoms with Crippen molar-refractivity contribution in [3.8, 4) is 5.75 Å². The number of carboxylic acid groups (broad SMARTS) is 1. The van der Waals surface area contributed by atoms with Gasteiger partial charge in [-0.25, -0.2) is 0 Å². The fourth-order valence-corrected chi connectivity index (χ4v) is 9.44. The summed E-state index contributed by atoms with van der Waals surface area (Å²) in [6, 6.07) is 4.16. The van der Waals surface area contributed by atoms with E-state index in [0.717, 1.165) is 44.9 Å². The van der Waals surface area contributed by atoms with E-state index >= 15 is 0 Å². The Morgan fingerprint density at radius 1 is 1.05 bits per heavy atom. The summed E-state index contributed by atoms with van der Waals surface area (Å²) in [5.74, 6) is 0.150. The molecule has 0 heterocycles. The summed E-state index contributed by atoms with van der Waals surface area (Å²) >= 11 is 0. The molecule has 9 N–H and O–H groups in total. The summed E-state index contributed by atoms with van der Waals surface area (Å²) < 4.78 is 0. The van der Waals surface area contributed by atoms with Crippen LogP contribution in [0.4, 0.5) is 5.69 Å². The second-order valence-electron chi connectivity index (χ2n) is 13.6. The van der Waals surface area contributed by atoms with Gasteiger partial charge >= 0.3 is 5.97 Å². The molecule has 0 aromatic heterocycles. The highest BCUT2D eigenvalue weighted by Gasteiger charge is 2.65. The molecule has 9 heteroatoms. The fraction of sp³-hybridized carbons (Fsp3) is 0.742. The zero-order valence-electron chi connectivity index (χ0n) is 24.0. The number of aliphatic carboxylic acids is 1. The van der Waals surface area contributed by atoms with Crippen molar-refractivity contribution in [3.05, 3.63) is 23.8 Å². The first-order chi connectivity index (χ1) is 18.7. The highest BCUT2D eigenvalue weighted by atomic mass is 16.4. The number of carboxylic acids is 1. The SMILES string of the molecule is C[C@H](CCC(=O)O)[C@H]1CC[C@H]2[C@@H]3[C@H](O)C[C@@H]4C[C@H](O)CC[C@]4(C)[C@H]3C[C@H](O)[C@]12C.NC(=O)c1ccc(N)cc1O. The van der Waals surface area contributed by atoms with Gasteiger partial charge in [0.15, 0.2) is 0 Å². The molecule has 0 aliphatic heterocycles. The molecule has 11 atom stereocenters. The van der Waals surface area contributed by atoms with Gasteiger partial charge < -0.3 is 37.0 Å². The summed E-state index contributed by atoms with van der Waals surface area (Å²) in [5, 5.41) is 51.1. The molecule has 0 unspecified atom stereocenters.